The zero-order chi connectivity index (χ0) is 22.1. The fraction of sp³-hybridized carbons (Fsp3) is 0.333. The molecule has 2 aromatic rings. The van der Waals surface area contributed by atoms with Crippen LogP contribution in [0.15, 0.2) is 48.5 Å². The summed E-state index contributed by atoms with van der Waals surface area (Å²) in [7, 11) is 0. The molecular formula is C24H25N3O4. The molecule has 2 heterocycles. The summed E-state index contributed by atoms with van der Waals surface area (Å²) in [4.78, 5) is 54.1. The third-order valence-electron chi connectivity index (χ3n) is 6.05. The lowest BCUT2D eigenvalue weighted by Crippen LogP contribution is -2.52. The minimum absolute atomic E-state index is 0.0428. The molecule has 0 spiro atoms. The van der Waals surface area contributed by atoms with Gasteiger partial charge in [-0.2, -0.15) is 0 Å². The van der Waals surface area contributed by atoms with E-state index in [1.807, 2.05) is 24.3 Å². The molecule has 2 fully saturated rings. The highest BCUT2D eigenvalue weighted by molar-refractivity contribution is 6.22. The van der Waals surface area contributed by atoms with E-state index in [4.69, 9.17) is 0 Å². The molecule has 0 radical (unpaired) electrons. The van der Waals surface area contributed by atoms with Crippen molar-refractivity contribution in [3.63, 3.8) is 0 Å². The van der Waals surface area contributed by atoms with Crippen molar-refractivity contribution in [3.8, 4) is 0 Å². The molecule has 1 unspecified atom stereocenters. The molecule has 2 amide bonds. The van der Waals surface area contributed by atoms with Gasteiger partial charge < -0.3 is 4.90 Å². The summed E-state index contributed by atoms with van der Waals surface area (Å²) in [5, 5.41) is 0. The maximum absolute atomic E-state index is 13.0. The van der Waals surface area contributed by atoms with Crippen molar-refractivity contribution >= 4 is 34.8 Å². The summed E-state index contributed by atoms with van der Waals surface area (Å²) >= 11 is 0. The average molecular weight is 419 g/mol. The van der Waals surface area contributed by atoms with Crippen molar-refractivity contribution in [1.82, 2.24) is 4.90 Å². The number of carbonyl (C=O) groups excluding carboxylic acids is 4. The number of imide groups is 1. The van der Waals surface area contributed by atoms with E-state index < -0.39 is 6.04 Å². The lowest BCUT2D eigenvalue weighted by Gasteiger charge is -2.38. The van der Waals surface area contributed by atoms with Gasteiger partial charge in [0.25, 0.3) is 5.91 Å². The predicted molar refractivity (Wildman–Crippen MR) is 118 cm³/mol. The third kappa shape index (κ3) is 4.14. The van der Waals surface area contributed by atoms with Gasteiger partial charge in [-0.25, -0.2) is 4.90 Å². The van der Waals surface area contributed by atoms with Gasteiger partial charge in [0.15, 0.2) is 11.6 Å². The van der Waals surface area contributed by atoms with Gasteiger partial charge in [0.2, 0.25) is 5.91 Å². The zero-order valence-corrected chi connectivity index (χ0v) is 17.7. The smallest absolute Gasteiger partial charge is 0.251 e. The standard InChI is InChI=1S/C24H25N3O4/c1-16(28)18-3-7-20(8-4-18)25-11-13-26(14-12-25)22-15-23(30)27(24(22)31)21-9-5-19(6-10-21)17(2)29/h3-10,22H,11-15H2,1-2H3. The Kier molecular flexibility index (Phi) is 5.69. The number of Topliss-reactive ketones (excluding diaryl/α,β-unsaturated/α-hetero) is 2. The van der Waals surface area contributed by atoms with Crippen LogP contribution in [0.5, 0.6) is 0 Å². The molecule has 0 aromatic heterocycles. The first-order valence-electron chi connectivity index (χ1n) is 10.4. The van der Waals surface area contributed by atoms with Gasteiger partial charge in [-0.1, -0.05) is 0 Å². The van der Waals surface area contributed by atoms with Gasteiger partial charge in [-0.15, -0.1) is 0 Å². The largest absolute Gasteiger partial charge is 0.369 e. The van der Waals surface area contributed by atoms with Crippen LogP contribution in [0.25, 0.3) is 0 Å². The Bertz CT molecular complexity index is 1020. The summed E-state index contributed by atoms with van der Waals surface area (Å²) in [6, 6.07) is 13.7. The lowest BCUT2D eigenvalue weighted by molar-refractivity contribution is -0.123. The highest BCUT2D eigenvalue weighted by atomic mass is 16.2. The number of piperazine rings is 1. The number of rotatable bonds is 5. The van der Waals surface area contributed by atoms with E-state index in [9.17, 15) is 19.2 Å². The summed E-state index contributed by atoms with van der Waals surface area (Å²) in [5.41, 5.74) is 2.79. The van der Waals surface area contributed by atoms with Crippen LogP contribution in [-0.2, 0) is 9.59 Å². The second-order valence-corrected chi connectivity index (χ2v) is 8.02. The molecule has 7 heteroatoms. The maximum Gasteiger partial charge on any atom is 0.251 e. The SMILES string of the molecule is CC(=O)c1ccc(N2CCN(C3CC(=O)N(c4ccc(C(C)=O)cc4)C3=O)CC2)cc1. The summed E-state index contributed by atoms with van der Waals surface area (Å²) < 4.78 is 0. The predicted octanol–water partition coefficient (Wildman–Crippen LogP) is 2.55. The van der Waals surface area contributed by atoms with Gasteiger partial charge in [0, 0.05) is 43.0 Å². The van der Waals surface area contributed by atoms with E-state index in [-0.39, 0.29) is 29.8 Å². The minimum atomic E-state index is -0.456. The first-order chi connectivity index (χ1) is 14.8. The average Bonchev–Trinajstić information content (AvgIpc) is 3.08. The fourth-order valence-corrected chi connectivity index (χ4v) is 4.22. The molecule has 2 saturated heterocycles. The van der Waals surface area contributed by atoms with E-state index >= 15 is 0 Å². The molecular weight excluding hydrogens is 394 g/mol. The number of benzene rings is 2. The monoisotopic (exact) mass is 419 g/mol. The molecule has 2 aliphatic rings. The van der Waals surface area contributed by atoms with E-state index in [1.54, 1.807) is 31.2 Å². The molecule has 1 atom stereocenters. The van der Waals surface area contributed by atoms with Gasteiger partial charge in [0.1, 0.15) is 0 Å². The van der Waals surface area contributed by atoms with Gasteiger partial charge in [0.05, 0.1) is 18.2 Å². The van der Waals surface area contributed by atoms with Gasteiger partial charge in [-0.3, -0.25) is 24.1 Å². The van der Waals surface area contributed by atoms with Crippen LogP contribution in [0.2, 0.25) is 0 Å². The molecule has 0 aliphatic carbocycles. The third-order valence-corrected chi connectivity index (χ3v) is 6.05. The number of ketones is 2. The molecule has 4 rings (SSSR count). The van der Waals surface area contributed by atoms with Crippen molar-refractivity contribution in [1.29, 1.82) is 0 Å². The van der Waals surface area contributed by atoms with Crippen LogP contribution in [0.1, 0.15) is 41.0 Å². The van der Waals surface area contributed by atoms with E-state index in [2.05, 4.69) is 9.80 Å². The van der Waals surface area contributed by atoms with Crippen LogP contribution in [-0.4, -0.2) is 60.5 Å². The van der Waals surface area contributed by atoms with Crippen molar-refractivity contribution in [2.45, 2.75) is 26.3 Å². The summed E-state index contributed by atoms with van der Waals surface area (Å²) in [6.45, 7) is 5.86. The highest BCUT2D eigenvalue weighted by Gasteiger charge is 2.43. The second-order valence-electron chi connectivity index (χ2n) is 8.02. The normalized spacial score (nSPS) is 19.7. The van der Waals surface area contributed by atoms with Crippen LogP contribution in [0.3, 0.4) is 0 Å². The minimum Gasteiger partial charge on any atom is -0.369 e. The first-order valence-corrected chi connectivity index (χ1v) is 10.4. The lowest BCUT2D eigenvalue weighted by atomic mass is 10.1. The van der Waals surface area contributed by atoms with Gasteiger partial charge >= 0.3 is 0 Å². The Labute approximate surface area is 181 Å². The Balaban J connectivity index is 1.41. The number of amides is 2. The molecule has 2 aliphatic heterocycles. The Morgan fingerprint density at radius 3 is 1.71 bits per heavy atom. The number of nitrogens with zero attached hydrogens (tertiary/aromatic N) is 3. The number of hydrogen-bond donors (Lipinski definition) is 0. The number of hydrogen-bond acceptors (Lipinski definition) is 6. The van der Waals surface area contributed by atoms with Crippen molar-refractivity contribution < 1.29 is 19.2 Å². The van der Waals surface area contributed by atoms with Crippen molar-refractivity contribution in [3.05, 3.63) is 59.7 Å². The maximum atomic E-state index is 13.0. The first kappa shape index (κ1) is 20.9. The molecule has 0 bridgehead atoms. The summed E-state index contributed by atoms with van der Waals surface area (Å²) in [6.07, 6.45) is 0.167. The summed E-state index contributed by atoms with van der Waals surface area (Å²) in [5.74, 6) is -0.439. The fourth-order valence-electron chi connectivity index (χ4n) is 4.22. The van der Waals surface area contributed by atoms with Crippen LogP contribution in [0, 0.1) is 0 Å². The number of anilines is 2. The Morgan fingerprint density at radius 2 is 1.23 bits per heavy atom. The van der Waals surface area contributed by atoms with E-state index in [0.717, 1.165) is 18.8 Å². The van der Waals surface area contributed by atoms with Crippen molar-refractivity contribution in [2.24, 2.45) is 0 Å². The molecule has 160 valence electrons. The van der Waals surface area contributed by atoms with Crippen molar-refractivity contribution in [2.75, 3.05) is 36.0 Å². The molecule has 7 nitrogen and oxygen atoms in total. The van der Waals surface area contributed by atoms with E-state index in [0.29, 0.717) is 29.9 Å². The topological polar surface area (TPSA) is 78.0 Å². The Morgan fingerprint density at radius 1 is 0.742 bits per heavy atom. The highest BCUT2D eigenvalue weighted by Crippen LogP contribution is 2.27. The zero-order valence-electron chi connectivity index (χ0n) is 17.7. The Hall–Kier alpha value is -3.32. The molecule has 0 saturated carbocycles. The van der Waals surface area contributed by atoms with Crippen LogP contribution < -0.4 is 9.80 Å². The molecule has 2 aromatic carbocycles. The van der Waals surface area contributed by atoms with E-state index in [1.165, 1.54) is 11.8 Å². The van der Waals surface area contributed by atoms with Crippen LogP contribution in [0.4, 0.5) is 11.4 Å². The molecule has 31 heavy (non-hydrogen) atoms. The molecule has 0 N–H and O–H groups in total. The van der Waals surface area contributed by atoms with Gasteiger partial charge in [-0.05, 0) is 62.4 Å². The van der Waals surface area contributed by atoms with Crippen LogP contribution >= 0.6 is 0 Å². The second kappa shape index (κ2) is 8.43. The number of carbonyl (C=O) groups is 4. The quantitative estimate of drug-likeness (QED) is 0.548.